The lowest BCUT2D eigenvalue weighted by Gasteiger charge is -2.18. The first kappa shape index (κ1) is 27.1. The number of esters is 1. The molecule has 0 fully saturated rings. The lowest BCUT2D eigenvalue weighted by Crippen LogP contribution is -2.30. The zero-order valence-electron chi connectivity index (χ0n) is 22.7. The van der Waals surface area contributed by atoms with Crippen LogP contribution in [0.4, 0.5) is 10.1 Å². The van der Waals surface area contributed by atoms with Crippen LogP contribution in [0.25, 0.3) is 10.8 Å². The lowest BCUT2D eigenvalue weighted by molar-refractivity contribution is -0.142. The van der Waals surface area contributed by atoms with Gasteiger partial charge >= 0.3 is 5.97 Å². The Morgan fingerprint density at radius 3 is 2.23 bits per heavy atom. The summed E-state index contributed by atoms with van der Waals surface area (Å²) in [5.74, 6) is -2.00. The highest BCUT2D eigenvalue weighted by atomic mass is 19.1. The Morgan fingerprint density at radius 1 is 0.875 bits per heavy atom. The van der Waals surface area contributed by atoms with Gasteiger partial charge in [-0.15, -0.1) is 0 Å². The smallest absolute Gasteiger partial charge is 0.310 e. The summed E-state index contributed by atoms with van der Waals surface area (Å²) in [4.78, 5) is 40.8. The minimum absolute atomic E-state index is 0.117. The zero-order chi connectivity index (χ0) is 28.4. The van der Waals surface area contributed by atoms with E-state index in [1.807, 2.05) is 68.4 Å². The highest BCUT2D eigenvalue weighted by Crippen LogP contribution is 2.44. The SMILES string of the molecule is CCOC(=O)Cc1ccc(N2C(=O)c3c(c(OCc4ccccc4)c4ccccc4c3CC(C)C)C2=O)c(F)c1. The monoisotopic (exact) mass is 539 g/mol. The van der Waals surface area contributed by atoms with Gasteiger partial charge in [0.1, 0.15) is 18.2 Å². The van der Waals surface area contributed by atoms with Crippen LogP contribution >= 0.6 is 0 Å². The first-order chi connectivity index (χ1) is 19.3. The van der Waals surface area contributed by atoms with E-state index >= 15 is 4.39 Å². The molecule has 0 aliphatic carbocycles. The number of ether oxygens (including phenoxy) is 2. The Hall–Kier alpha value is -4.52. The lowest BCUT2D eigenvalue weighted by atomic mass is 9.89. The summed E-state index contributed by atoms with van der Waals surface area (Å²) in [5.41, 5.74) is 2.25. The van der Waals surface area contributed by atoms with Crippen molar-refractivity contribution in [2.75, 3.05) is 11.5 Å². The molecule has 0 unspecified atom stereocenters. The zero-order valence-corrected chi connectivity index (χ0v) is 22.7. The van der Waals surface area contributed by atoms with Crippen LogP contribution in [-0.4, -0.2) is 24.4 Å². The second-order valence-corrected chi connectivity index (χ2v) is 10.2. The van der Waals surface area contributed by atoms with Crippen LogP contribution in [0.1, 0.15) is 58.2 Å². The number of carbonyl (C=O) groups is 3. The minimum atomic E-state index is -0.780. The fourth-order valence-electron chi connectivity index (χ4n) is 5.17. The van der Waals surface area contributed by atoms with E-state index in [1.54, 1.807) is 6.92 Å². The molecule has 6 nitrogen and oxygen atoms in total. The van der Waals surface area contributed by atoms with E-state index in [2.05, 4.69) is 0 Å². The molecule has 1 aliphatic rings. The van der Waals surface area contributed by atoms with Gasteiger partial charge in [-0.2, -0.15) is 0 Å². The van der Waals surface area contributed by atoms with Crippen molar-refractivity contribution in [3.63, 3.8) is 0 Å². The van der Waals surface area contributed by atoms with E-state index in [0.29, 0.717) is 17.7 Å². The summed E-state index contributed by atoms with van der Waals surface area (Å²) in [6.07, 6.45) is 0.435. The van der Waals surface area contributed by atoms with E-state index in [1.165, 1.54) is 12.1 Å². The van der Waals surface area contributed by atoms with Crippen molar-refractivity contribution in [2.45, 2.75) is 40.2 Å². The van der Waals surface area contributed by atoms with E-state index in [0.717, 1.165) is 32.9 Å². The summed E-state index contributed by atoms with van der Waals surface area (Å²) in [7, 11) is 0. The minimum Gasteiger partial charge on any atom is -0.487 e. The highest BCUT2D eigenvalue weighted by molar-refractivity contribution is 6.37. The third kappa shape index (κ3) is 5.07. The number of nitrogens with zero attached hydrogens (tertiary/aromatic N) is 1. The fraction of sp³-hybridized carbons (Fsp3) is 0.242. The van der Waals surface area contributed by atoms with Crippen molar-refractivity contribution in [3.05, 3.63) is 106 Å². The Balaban J connectivity index is 1.63. The number of imide groups is 1. The molecule has 40 heavy (non-hydrogen) atoms. The third-order valence-corrected chi connectivity index (χ3v) is 6.85. The quantitative estimate of drug-likeness (QED) is 0.176. The normalized spacial score (nSPS) is 12.8. The Labute approximate surface area is 232 Å². The topological polar surface area (TPSA) is 72.9 Å². The number of fused-ring (bicyclic) bond motifs is 2. The maximum atomic E-state index is 15.4. The Kier molecular flexibility index (Phi) is 7.65. The first-order valence-corrected chi connectivity index (χ1v) is 13.4. The molecular weight excluding hydrogens is 509 g/mol. The standard InChI is InChI=1S/C33H30FNO5/c1-4-39-28(36)18-22-14-15-27(26(34)17-22)35-32(37)29-25(16-20(2)3)23-12-8-9-13-24(23)31(30(29)33(35)38)40-19-21-10-6-5-7-11-21/h5-15,17,20H,4,16,18-19H2,1-3H3. The molecular formula is C33H30FNO5. The van der Waals surface area contributed by atoms with Crippen molar-refractivity contribution in [1.29, 1.82) is 0 Å². The fourth-order valence-corrected chi connectivity index (χ4v) is 5.17. The van der Waals surface area contributed by atoms with Gasteiger partial charge in [0.15, 0.2) is 0 Å². The van der Waals surface area contributed by atoms with E-state index in [-0.39, 0.29) is 42.4 Å². The number of halogens is 1. The van der Waals surface area contributed by atoms with Crippen LogP contribution in [0.3, 0.4) is 0 Å². The van der Waals surface area contributed by atoms with Gasteiger partial charge in [-0.05, 0) is 53.5 Å². The van der Waals surface area contributed by atoms with Crippen molar-refractivity contribution in [3.8, 4) is 5.75 Å². The summed E-state index contributed by atoms with van der Waals surface area (Å²) in [6.45, 7) is 6.19. The number of hydrogen-bond donors (Lipinski definition) is 0. The van der Waals surface area contributed by atoms with Crippen molar-refractivity contribution in [2.24, 2.45) is 5.92 Å². The van der Waals surface area contributed by atoms with E-state index in [4.69, 9.17) is 9.47 Å². The predicted molar refractivity (Wildman–Crippen MR) is 151 cm³/mol. The van der Waals surface area contributed by atoms with Crippen LogP contribution in [0, 0.1) is 11.7 Å². The van der Waals surface area contributed by atoms with Gasteiger partial charge in [0.2, 0.25) is 0 Å². The molecule has 0 atom stereocenters. The molecule has 5 rings (SSSR count). The van der Waals surface area contributed by atoms with Gasteiger partial charge in [0, 0.05) is 5.39 Å². The molecule has 4 aromatic rings. The first-order valence-electron chi connectivity index (χ1n) is 13.4. The summed E-state index contributed by atoms with van der Waals surface area (Å²) >= 11 is 0. The van der Waals surface area contributed by atoms with Gasteiger partial charge in [0.05, 0.1) is 29.8 Å². The van der Waals surface area contributed by atoms with E-state index in [9.17, 15) is 14.4 Å². The number of hydrogen-bond acceptors (Lipinski definition) is 5. The molecule has 204 valence electrons. The maximum absolute atomic E-state index is 15.4. The molecule has 0 aromatic heterocycles. The maximum Gasteiger partial charge on any atom is 0.310 e. The number of amides is 2. The number of carbonyl (C=O) groups excluding carboxylic acids is 3. The molecule has 2 amide bonds. The average molecular weight is 540 g/mol. The molecule has 0 N–H and O–H groups in total. The second kappa shape index (κ2) is 11.3. The van der Waals surface area contributed by atoms with Crippen LogP contribution in [0.15, 0.2) is 72.8 Å². The Bertz CT molecular complexity index is 1610. The van der Waals surface area contributed by atoms with Gasteiger partial charge in [-0.25, -0.2) is 9.29 Å². The third-order valence-electron chi connectivity index (χ3n) is 6.85. The number of benzene rings is 4. The van der Waals surface area contributed by atoms with E-state index < -0.39 is 23.6 Å². The van der Waals surface area contributed by atoms with Crippen molar-refractivity contribution < 1.29 is 28.2 Å². The summed E-state index contributed by atoms with van der Waals surface area (Å²) in [5, 5.41) is 1.55. The second-order valence-electron chi connectivity index (χ2n) is 10.2. The predicted octanol–water partition coefficient (Wildman–Crippen LogP) is 6.66. The van der Waals surface area contributed by atoms with Crippen molar-refractivity contribution >= 4 is 34.2 Å². The van der Waals surface area contributed by atoms with Gasteiger partial charge in [-0.3, -0.25) is 14.4 Å². The molecule has 4 aromatic carbocycles. The number of rotatable bonds is 9. The van der Waals surface area contributed by atoms with Gasteiger partial charge in [-0.1, -0.05) is 74.5 Å². The van der Waals surface area contributed by atoms with Crippen LogP contribution < -0.4 is 9.64 Å². The molecule has 1 heterocycles. The van der Waals surface area contributed by atoms with Crippen molar-refractivity contribution in [1.82, 2.24) is 0 Å². The summed E-state index contributed by atoms with van der Waals surface area (Å²) < 4.78 is 26.7. The molecule has 1 aliphatic heterocycles. The highest BCUT2D eigenvalue weighted by Gasteiger charge is 2.43. The Morgan fingerprint density at radius 2 is 1.55 bits per heavy atom. The molecule has 7 heteroatoms. The van der Waals surface area contributed by atoms with Crippen LogP contribution in [-0.2, 0) is 29.0 Å². The van der Waals surface area contributed by atoms with Gasteiger partial charge < -0.3 is 9.47 Å². The average Bonchev–Trinajstić information content (AvgIpc) is 3.18. The molecule has 0 radical (unpaired) electrons. The largest absolute Gasteiger partial charge is 0.487 e. The summed E-state index contributed by atoms with van der Waals surface area (Å²) in [6, 6.07) is 21.1. The molecule has 0 saturated heterocycles. The number of anilines is 1. The van der Waals surface area contributed by atoms with Crippen LogP contribution in [0.2, 0.25) is 0 Å². The van der Waals surface area contributed by atoms with Gasteiger partial charge in [0.25, 0.3) is 11.8 Å². The van der Waals surface area contributed by atoms with Crippen LogP contribution in [0.5, 0.6) is 5.75 Å². The molecule has 0 spiro atoms. The molecule has 0 saturated carbocycles. The molecule has 0 bridgehead atoms.